The summed E-state index contributed by atoms with van der Waals surface area (Å²) in [6, 6.07) is 0.364. The van der Waals surface area contributed by atoms with Crippen LogP contribution in [-0.4, -0.2) is 49.2 Å². The van der Waals surface area contributed by atoms with Gasteiger partial charge in [-0.2, -0.15) is 18.3 Å². The molecule has 0 spiro atoms. The van der Waals surface area contributed by atoms with Crippen LogP contribution in [0.15, 0.2) is 18.3 Å². The molecule has 3 rings (SSSR count). The average Bonchev–Trinajstić information content (AvgIpc) is 3.20. The van der Waals surface area contributed by atoms with E-state index >= 15 is 0 Å². The molecule has 1 amide bonds. The fourth-order valence-corrected chi connectivity index (χ4v) is 3.65. The molecule has 2 aromatic rings. The van der Waals surface area contributed by atoms with Crippen molar-refractivity contribution < 1.29 is 32.2 Å². The van der Waals surface area contributed by atoms with Crippen LogP contribution >= 0.6 is 0 Å². The summed E-state index contributed by atoms with van der Waals surface area (Å²) in [6.45, 7) is 3.72. The first kappa shape index (κ1) is 23.6. The van der Waals surface area contributed by atoms with Gasteiger partial charge in [-0.1, -0.05) is 6.92 Å². The van der Waals surface area contributed by atoms with Crippen LogP contribution in [0, 0.1) is 0 Å². The largest absolute Gasteiger partial charge is 0.493 e. The first-order chi connectivity index (χ1) is 15.1. The monoisotopic (exact) mass is 456 g/mol. The van der Waals surface area contributed by atoms with Crippen molar-refractivity contribution in [2.45, 2.75) is 51.0 Å². The third-order valence-electron chi connectivity index (χ3n) is 5.56. The lowest BCUT2D eigenvalue weighted by Gasteiger charge is -2.34. The van der Waals surface area contributed by atoms with Crippen molar-refractivity contribution >= 4 is 11.7 Å². The van der Waals surface area contributed by atoms with Gasteiger partial charge in [-0.25, -0.2) is 4.68 Å². The molecule has 1 aromatic carbocycles. The normalized spacial score (nSPS) is 18.9. The van der Waals surface area contributed by atoms with Crippen LogP contribution in [0.2, 0.25) is 0 Å². The molecular weight excluding hydrogens is 429 g/mol. The molecule has 0 saturated heterocycles. The maximum atomic E-state index is 13.9. The molecule has 8 nitrogen and oxygen atoms in total. The Bertz CT molecular complexity index is 951. The Kier molecular flexibility index (Phi) is 6.75. The second-order valence-corrected chi connectivity index (χ2v) is 7.58. The van der Waals surface area contributed by atoms with E-state index < -0.39 is 24.2 Å². The molecule has 11 heteroatoms. The quantitative estimate of drug-likeness (QED) is 0.653. The zero-order valence-electron chi connectivity index (χ0n) is 18.5. The van der Waals surface area contributed by atoms with Crippen LogP contribution in [0.25, 0.3) is 0 Å². The number of benzene rings is 1. The van der Waals surface area contributed by atoms with E-state index in [1.165, 1.54) is 21.3 Å². The Morgan fingerprint density at radius 1 is 1.25 bits per heavy atom. The molecule has 0 bridgehead atoms. The lowest BCUT2D eigenvalue weighted by Crippen LogP contribution is -2.37. The van der Waals surface area contributed by atoms with Gasteiger partial charge in [-0.15, -0.1) is 0 Å². The number of methoxy groups -OCH3 is 3. The number of rotatable bonds is 7. The highest BCUT2D eigenvalue weighted by molar-refractivity contribution is 5.99. The molecule has 176 valence electrons. The molecule has 1 aliphatic heterocycles. The number of nitrogens with zero attached hydrogens (tertiary/aromatic N) is 2. The van der Waals surface area contributed by atoms with E-state index in [0.717, 1.165) is 10.9 Å². The lowest BCUT2D eigenvalue weighted by molar-refractivity contribution is -0.173. The molecule has 2 N–H and O–H groups in total. The van der Waals surface area contributed by atoms with E-state index in [1.54, 1.807) is 12.1 Å². The Balaban J connectivity index is 2.06. The summed E-state index contributed by atoms with van der Waals surface area (Å²) >= 11 is 0. The minimum atomic E-state index is -4.56. The number of carbonyl (C=O) groups is 1. The fourth-order valence-electron chi connectivity index (χ4n) is 3.65. The summed E-state index contributed by atoms with van der Waals surface area (Å²) in [5.74, 6) is 0.500. The van der Waals surface area contributed by atoms with E-state index in [-0.39, 0.29) is 23.8 Å². The number of hydrogen-bond donors (Lipinski definition) is 2. The van der Waals surface area contributed by atoms with Gasteiger partial charge < -0.3 is 24.8 Å². The maximum Gasteiger partial charge on any atom is 0.410 e. The predicted octanol–water partition coefficient (Wildman–Crippen LogP) is 4.10. The molecule has 1 aliphatic rings. The molecule has 0 saturated carbocycles. The van der Waals surface area contributed by atoms with Crippen LogP contribution in [0.4, 0.5) is 19.0 Å². The Labute approximate surface area is 184 Å². The van der Waals surface area contributed by atoms with Gasteiger partial charge in [-0.05, 0) is 31.0 Å². The second-order valence-electron chi connectivity index (χ2n) is 7.58. The number of aromatic nitrogens is 2. The predicted molar refractivity (Wildman–Crippen MR) is 112 cm³/mol. The van der Waals surface area contributed by atoms with Gasteiger partial charge in [0.15, 0.2) is 17.5 Å². The fraction of sp³-hybridized carbons (Fsp3) is 0.524. The minimum Gasteiger partial charge on any atom is -0.493 e. The standard InChI is InChI=1S/C21H27F3N4O4/c1-6-11(2)26-20(29)13-10-25-28-17(21(22,23)24)9-14(27-19(13)28)12-7-15(30-3)18(32-5)16(8-12)31-4/h7-8,10-11,14,17,27H,6,9H2,1-5H3,(H,26,29)/t11-,14-,17-/m1/s1. The number of ether oxygens (including phenoxy) is 3. The molecule has 0 radical (unpaired) electrons. The number of anilines is 1. The Morgan fingerprint density at radius 3 is 2.38 bits per heavy atom. The molecule has 32 heavy (non-hydrogen) atoms. The van der Waals surface area contributed by atoms with Gasteiger partial charge in [0.05, 0.1) is 33.6 Å². The van der Waals surface area contributed by atoms with Gasteiger partial charge in [0.1, 0.15) is 11.4 Å². The highest BCUT2D eigenvalue weighted by Gasteiger charge is 2.47. The first-order valence-electron chi connectivity index (χ1n) is 10.2. The topological polar surface area (TPSA) is 86.6 Å². The van der Waals surface area contributed by atoms with Crippen molar-refractivity contribution in [3.8, 4) is 17.2 Å². The van der Waals surface area contributed by atoms with Crippen molar-refractivity contribution in [2.75, 3.05) is 26.6 Å². The molecule has 2 heterocycles. The number of hydrogen-bond acceptors (Lipinski definition) is 6. The van der Waals surface area contributed by atoms with Crippen LogP contribution in [0.3, 0.4) is 0 Å². The number of fused-ring (bicyclic) bond motifs is 1. The van der Waals surface area contributed by atoms with Gasteiger partial charge >= 0.3 is 6.18 Å². The smallest absolute Gasteiger partial charge is 0.410 e. The van der Waals surface area contributed by atoms with Gasteiger partial charge in [0.25, 0.3) is 5.91 Å². The number of halogens is 3. The number of carbonyl (C=O) groups excluding carboxylic acids is 1. The van der Waals surface area contributed by atoms with Crippen molar-refractivity contribution in [2.24, 2.45) is 0 Å². The SMILES string of the molecule is CC[C@@H](C)NC(=O)c1cnn2c1N[C@@H](c1cc(OC)c(OC)c(OC)c1)C[C@@H]2C(F)(F)F. The van der Waals surface area contributed by atoms with E-state index in [2.05, 4.69) is 15.7 Å². The summed E-state index contributed by atoms with van der Waals surface area (Å²) in [4.78, 5) is 12.7. The third-order valence-corrected chi connectivity index (χ3v) is 5.56. The first-order valence-corrected chi connectivity index (χ1v) is 10.2. The second kappa shape index (κ2) is 9.17. The third kappa shape index (κ3) is 4.42. The summed E-state index contributed by atoms with van der Waals surface area (Å²) < 4.78 is 58.6. The van der Waals surface area contributed by atoms with Crippen LogP contribution < -0.4 is 24.8 Å². The van der Waals surface area contributed by atoms with E-state index in [4.69, 9.17) is 14.2 Å². The van der Waals surface area contributed by atoms with Gasteiger partial charge in [-0.3, -0.25) is 4.79 Å². The van der Waals surface area contributed by atoms with Crippen LogP contribution in [0.1, 0.15) is 54.7 Å². The van der Waals surface area contributed by atoms with Crippen molar-refractivity contribution in [3.05, 3.63) is 29.5 Å². The Morgan fingerprint density at radius 2 is 1.88 bits per heavy atom. The van der Waals surface area contributed by atoms with E-state index in [1.807, 2.05) is 13.8 Å². The minimum absolute atomic E-state index is 0.0122. The van der Waals surface area contributed by atoms with Crippen molar-refractivity contribution in [1.82, 2.24) is 15.1 Å². The maximum absolute atomic E-state index is 13.9. The zero-order valence-corrected chi connectivity index (χ0v) is 18.5. The number of amides is 1. The van der Waals surface area contributed by atoms with E-state index in [0.29, 0.717) is 29.2 Å². The molecule has 3 atom stereocenters. The van der Waals surface area contributed by atoms with Gasteiger partial charge in [0, 0.05) is 12.5 Å². The zero-order chi connectivity index (χ0) is 23.6. The van der Waals surface area contributed by atoms with Crippen LogP contribution in [0.5, 0.6) is 17.2 Å². The number of alkyl halides is 3. The lowest BCUT2D eigenvalue weighted by atomic mass is 9.95. The number of nitrogens with one attached hydrogen (secondary N) is 2. The molecule has 0 unspecified atom stereocenters. The molecule has 1 aromatic heterocycles. The summed E-state index contributed by atoms with van der Waals surface area (Å²) in [5, 5.41) is 9.72. The molecular formula is C21H27F3N4O4. The molecule has 0 fully saturated rings. The summed E-state index contributed by atoms with van der Waals surface area (Å²) in [5.41, 5.74) is 0.547. The highest BCUT2D eigenvalue weighted by atomic mass is 19.4. The summed E-state index contributed by atoms with van der Waals surface area (Å²) in [6.07, 6.45) is -3.05. The van der Waals surface area contributed by atoms with Crippen molar-refractivity contribution in [3.63, 3.8) is 0 Å². The van der Waals surface area contributed by atoms with Crippen molar-refractivity contribution in [1.29, 1.82) is 0 Å². The van der Waals surface area contributed by atoms with Gasteiger partial charge in [0.2, 0.25) is 5.75 Å². The summed E-state index contributed by atoms with van der Waals surface area (Å²) in [7, 11) is 4.31. The average molecular weight is 456 g/mol. The van der Waals surface area contributed by atoms with Crippen LogP contribution in [-0.2, 0) is 0 Å². The molecule has 0 aliphatic carbocycles. The Hall–Kier alpha value is -3.11. The highest BCUT2D eigenvalue weighted by Crippen LogP contribution is 2.47. The van der Waals surface area contributed by atoms with E-state index in [9.17, 15) is 18.0 Å².